The minimum absolute atomic E-state index is 0.176. The molecular weight excluding hydrogens is 254 g/mol. The summed E-state index contributed by atoms with van der Waals surface area (Å²) in [6.45, 7) is 6.51. The molecule has 112 valence electrons. The van der Waals surface area contributed by atoms with Crippen molar-refractivity contribution in [2.75, 3.05) is 31.9 Å². The van der Waals surface area contributed by atoms with E-state index in [1.54, 1.807) is 10.9 Å². The Morgan fingerprint density at radius 3 is 2.65 bits per heavy atom. The van der Waals surface area contributed by atoms with Gasteiger partial charge in [0.25, 0.3) is 5.91 Å². The summed E-state index contributed by atoms with van der Waals surface area (Å²) in [5.74, 6) is -0.176. The first-order valence-electron chi connectivity index (χ1n) is 7.54. The number of nitrogens with one attached hydrogen (secondary N) is 1. The Kier molecular flexibility index (Phi) is 5.40. The third kappa shape index (κ3) is 3.96. The first-order valence-corrected chi connectivity index (χ1v) is 7.54. The van der Waals surface area contributed by atoms with Gasteiger partial charge in [0.1, 0.15) is 0 Å². The number of nitrogens with two attached hydrogens (primary N) is 1. The van der Waals surface area contributed by atoms with E-state index in [0.29, 0.717) is 24.5 Å². The van der Waals surface area contributed by atoms with Crippen molar-refractivity contribution in [3.8, 4) is 0 Å². The van der Waals surface area contributed by atoms with E-state index in [9.17, 15) is 4.79 Å². The minimum Gasteiger partial charge on any atom is -0.396 e. The monoisotopic (exact) mass is 279 g/mol. The molecule has 3 N–H and O–H groups in total. The van der Waals surface area contributed by atoms with Crippen LogP contribution in [-0.4, -0.2) is 46.8 Å². The highest BCUT2D eigenvalue weighted by Crippen LogP contribution is 2.10. The normalized spacial score (nSPS) is 16.9. The molecule has 2 rings (SSSR count). The molecule has 6 nitrogen and oxygen atoms in total. The molecule has 1 aromatic heterocycles. The summed E-state index contributed by atoms with van der Waals surface area (Å²) >= 11 is 0. The summed E-state index contributed by atoms with van der Waals surface area (Å²) in [5, 5.41) is 7.08. The van der Waals surface area contributed by atoms with E-state index >= 15 is 0 Å². The average molecular weight is 279 g/mol. The zero-order valence-corrected chi connectivity index (χ0v) is 12.3. The van der Waals surface area contributed by atoms with Crippen LogP contribution in [0, 0.1) is 0 Å². The maximum Gasteiger partial charge on any atom is 0.273 e. The fraction of sp³-hybridized carbons (Fsp3) is 0.714. The van der Waals surface area contributed by atoms with Crippen molar-refractivity contribution < 1.29 is 4.79 Å². The van der Waals surface area contributed by atoms with Gasteiger partial charge >= 0.3 is 0 Å². The van der Waals surface area contributed by atoms with E-state index in [0.717, 1.165) is 19.6 Å². The zero-order chi connectivity index (χ0) is 14.4. The fourth-order valence-corrected chi connectivity index (χ4v) is 2.55. The lowest BCUT2D eigenvalue weighted by Gasteiger charge is -2.19. The maximum absolute atomic E-state index is 12.0. The molecule has 1 amide bonds. The number of aryl methyl sites for hydroxylation is 1. The number of rotatable bonds is 5. The topological polar surface area (TPSA) is 76.2 Å². The van der Waals surface area contributed by atoms with Gasteiger partial charge in [-0.3, -0.25) is 9.48 Å². The second kappa shape index (κ2) is 7.28. The van der Waals surface area contributed by atoms with Crippen molar-refractivity contribution in [1.29, 1.82) is 0 Å². The molecule has 0 spiro atoms. The van der Waals surface area contributed by atoms with Crippen LogP contribution in [-0.2, 0) is 6.54 Å². The molecule has 1 fully saturated rings. The second-order valence-corrected chi connectivity index (χ2v) is 5.30. The number of likely N-dealkylation sites (tertiary alicyclic amines) is 1. The van der Waals surface area contributed by atoms with E-state index in [2.05, 4.69) is 15.3 Å². The van der Waals surface area contributed by atoms with Crippen LogP contribution in [0.4, 0.5) is 5.69 Å². The molecule has 20 heavy (non-hydrogen) atoms. The van der Waals surface area contributed by atoms with Crippen LogP contribution in [0.15, 0.2) is 6.20 Å². The summed E-state index contributed by atoms with van der Waals surface area (Å²) in [7, 11) is 0. The summed E-state index contributed by atoms with van der Waals surface area (Å²) in [6.07, 6.45) is 6.88. The van der Waals surface area contributed by atoms with Crippen LogP contribution in [0.25, 0.3) is 0 Å². The lowest BCUT2D eigenvalue weighted by molar-refractivity contribution is 0.0943. The van der Waals surface area contributed by atoms with Crippen LogP contribution < -0.4 is 11.1 Å². The van der Waals surface area contributed by atoms with E-state index in [1.165, 1.54) is 25.7 Å². The molecule has 6 heteroatoms. The average Bonchev–Trinajstić information content (AvgIpc) is 2.65. The van der Waals surface area contributed by atoms with E-state index < -0.39 is 0 Å². The standard InChI is InChI=1S/C14H25N5O/c1-2-19-11-12(15)13(17-19)14(20)16-7-10-18-8-5-3-4-6-9-18/h11H,2-10,15H2,1H3,(H,16,20). The molecule has 1 aliphatic heterocycles. The van der Waals surface area contributed by atoms with Gasteiger partial charge in [-0.05, 0) is 32.9 Å². The lowest BCUT2D eigenvalue weighted by atomic mass is 10.2. The molecule has 0 bridgehead atoms. The van der Waals surface area contributed by atoms with Gasteiger partial charge in [0.2, 0.25) is 0 Å². The third-order valence-electron chi connectivity index (χ3n) is 3.74. The van der Waals surface area contributed by atoms with Gasteiger partial charge in [0.05, 0.1) is 5.69 Å². The Morgan fingerprint density at radius 1 is 1.35 bits per heavy atom. The molecule has 0 atom stereocenters. The number of hydrogen-bond acceptors (Lipinski definition) is 4. The molecule has 0 aromatic carbocycles. The van der Waals surface area contributed by atoms with Gasteiger partial charge < -0.3 is 16.0 Å². The summed E-state index contributed by atoms with van der Waals surface area (Å²) in [5.41, 5.74) is 6.58. The Labute approximate surface area is 120 Å². The number of carbonyl (C=O) groups excluding carboxylic acids is 1. The first kappa shape index (κ1) is 14.8. The summed E-state index contributed by atoms with van der Waals surface area (Å²) < 4.78 is 1.68. The SMILES string of the molecule is CCn1cc(N)c(C(=O)NCCN2CCCCCC2)n1. The highest BCUT2D eigenvalue weighted by molar-refractivity contribution is 5.96. The predicted molar refractivity (Wildman–Crippen MR) is 79.6 cm³/mol. The summed E-state index contributed by atoms with van der Waals surface area (Å²) in [4.78, 5) is 14.4. The number of anilines is 1. The second-order valence-electron chi connectivity index (χ2n) is 5.30. The molecule has 1 saturated heterocycles. The molecule has 1 aromatic rings. The smallest absolute Gasteiger partial charge is 0.273 e. The van der Waals surface area contributed by atoms with Gasteiger partial charge in [0.15, 0.2) is 5.69 Å². The van der Waals surface area contributed by atoms with Gasteiger partial charge in [-0.25, -0.2) is 0 Å². The Hall–Kier alpha value is -1.56. The van der Waals surface area contributed by atoms with Crippen molar-refractivity contribution in [2.24, 2.45) is 0 Å². The van der Waals surface area contributed by atoms with Gasteiger partial charge in [-0.2, -0.15) is 5.10 Å². The number of hydrogen-bond donors (Lipinski definition) is 2. The van der Waals surface area contributed by atoms with E-state index in [4.69, 9.17) is 5.73 Å². The molecule has 1 aliphatic rings. The first-order chi connectivity index (χ1) is 9.70. The van der Waals surface area contributed by atoms with Crippen molar-refractivity contribution in [3.05, 3.63) is 11.9 Å². The van der Waals surface area contributed by atoms with Crippen molar-refractivity contribution in [2.45, 2.75) is 39.2 Å². The van der Waals surface area contributed by atoms with Crippen LogP contribution in [0.1, 0.15) is 43.1 Å². The van der Waals surface area contributed by atoms with Crippen LogP contribution in [0.3, 0.4) is 0 Å². The molecule has 0 unspecified atom stereocenters. The predicted octanol–water partition coefficient (Wildman–Crippen LogP) is 1.09. The van der Waals surface area contributed by atoms with Gasteiger partial charge in [0, 0.05) is 25.8 Å². The van der Waals surface area contributed by atoms with Crippen LogP contribution in [0.2, 0.25) is 0 Å². The van der Waals surface area contributed by atoms with E-state index in [-0.39, 0.29) is 5.91 Å². The van der Waals surface area contributed by atoms with Crippen molar-refractivity contribution in [1.82, 2.24) is 20.0 Å². The zero-order valence-electron chi connectivity index (χ0n) is 12.3. The molecule has 0 aliphatic carbocycles. The maximum atomic E-state index is 12.0. The van der Waals surface area contributed by atoms with Gasteiger partial charge in [-0.15, -0.1) is 0 Å². The minimum atomic E-state index is -0.176. The number of nitrogen functional groups attached to an aromatic ring is 1. The summed E-state index contributed by atoms with van der Waals surface area (Å²) in [6, 6.07) is 0. The fourth-order valence-electron chi connectivity index (χ4n) is 2.55. The number of carbonyl (C=O) groups is 1. The molecule has 0 radical (unpaired) electrons. The van der Waals surface area contributed by atoms with Crippen molar-refractivity contribution in [3.63, 3.8) is 0 Å². The van der Waals surface area contributed by atoms with Crippen molar-refractivity contribution >= 4 is 11.6 Å². The third-order valence-corrected chi connectivity index (χ3v) is 3.74. The van der Waals surface area contributed by atoms with Crippen LogP contribution >= 0.6 is 0 Å². The molecule has 2 heterocycles. The van der Waals surface area contributed by atoms with Gasteiger partial charge in [-0.1, -0.05) is 12.8 Å². The lowest BCUT2D eigenvalue weighted by Crippen LogP contribution is -2.35. The molecule has 0 saturated carbocycles. The van der Waals surface area contributed by atoms with E-state index in [1.807, 2.05) is 6.92 Å². The van der Waals surface area contributed by atoms with Crippen LogP contribution in [0.5, 0.6) is 0 Å². The highest BCUT2D eigenvalue weighted by atomic mass is 16.2. The molecular formula is C14H25N5O. The Bertz CT molecular complexity index is 435. The highest BCUT2D eigenvalue weighted by Gasteiger charge is 2.15. The quantitative estimate of drug-likeness (QED) is 0.846. The number of nitrogens with zero attached hydrogens (tertiary/aromatic N) is 3. The Balaban J connectivity index is 1.78. The Morgan fingerprint density at radius 2 is 2.05 bits per heavy atom. The number of aromatic nitrogens is 2. The number of amides is 1. The largest absolute Gasteiger partial charge is 0.396 e.